The van der Waals surface area contributed by atoms with Crippen LogP contribution in [0, 0.1) is 23.7 Å². The Balaban J connectivity index is -0.0000000669. The SMILES string of the molecule is C.C.C.C.C.CC1OC(=O)C(C)C(C)C(C)C1C.II. The van der Waals surface area contributed by atoms with Crippen LogP contribution in [-0.2, 0) is 9.53 Å². The second kappa shape index (κ2) is 18.0. The lowest BCUT2D eigenvalue weighted by atomic mass is 9.78. The first kappa shape index (κ1) is 37.3. The molecule has 0 N–H and O–H groups in total. The second-order valence-electron chi connectivity index (χ2n) is 4.51. The van der Waals surface area contributed by atoms with E-state index in [9.17, 15) is 4.79 Å². The van der Waals surface area contributed by atoms with Crippen LogP contribution in [-0.4, -0.2) is 12.1 Å². The van der Waals surface area contributed by atoms with Gasteiger partial charge in [-0.1, -0.05) is 64.8 Å². The number of halogens is 2. The van der Waals surface area contributed by atoms with Gasteiger partial charge in [0.25, 0.3) is 0 Å². The lowest BCUT2D eigenvalue weighted by Crippen LogP contribution is -2.24. The number of ether oxygens (including phenoxy) is 1. The fourth-order valence-electron chi connectivity index (χ4n) is 1.97. The van der Waals surface area contributed by atoms with Crippen LogP contribution in [0.1, 0.15) is 71.8 Å². The van der Waals surface area contributed by atoms with Crippen LogP contribution in [0.4, 0.5) is 0 Å². The summed E-state index contributed by atoms with van der Waals surface area (Å²) < 4.78 is 5.34. The molecule has 1 aliphatic rings. The van der Waals surface area contributed by atoms with Crippen molar-refractivity contribution in [2.45, 2.75) is 77.9 Å². The zero-order valence-corrected chi connectivity index (χ0v) is 14.3. The van der Waals surface area contributed by atoms with E-state index in [0.717, 1.165) is 0 Å². The normalized spacial score (nSPS) is 30.8. The first-order valence-corrected chi connectivity index (χ1v) is 11.6. The number of cyclic esters (lactones) is 1. The van der Waals surface area contributed by atoms with E-state index < -0.39 is 0 Å². The van der Waals surface area contributed by atoms with E-state index in [2.05, 4.69) is 58.0 Å². The number of carbonyl (C=O) groups excluding carboxylic acids is 1. The van der Waals surface area contributed by atoms with E-state index >= 15 is 0 Å². The van der Waals surface area contributed by atoms with Crippen molar-refractivity contribution in [3.8, 4) is 0 Å². The van der Waals surface area contributed by atoms with Crippen LogP contribution in [0.3, 0.4) is 0 Å². The summed E-state index contributed by atoms with van der Waals surface area (Å²) in [5, 5.41) is 0. The average Bonchev–Trinajstić information content (AvgIpc) is 2.31. The summed E-state index contributed by atoms with van der Waals surface area (Å²) in [4.78, 5) is 11.5. The summed E-state index contributed by atoms with van der Waals surface area (Å²) in [6.07, 6.45) is 0.0647. The Bertz CT molecular complexity index is 211. The molecule has 5 unspecified atom stereocenters. The van der Waals surface area contributed by atoms with Gasteiger partial charge < -0.3 is 4.74 Å². The minimum absolute atomic E-state index is 0. The van der Waals surface area contributed by atoms with E-state index in [1.54, 1.807) is 0 Å². The molecule has 2 nitrogen and oxygen atoms in total. The summed E-state index contributed by atoms with van der Waals surface area (Å²) in [7, 11) is 0. The fourth-order valence-corrected chi connectivity index (χ4v) is 1.97. The minimum Gasteiger partial charge on any atom is -0.462 e. The summed E-state index contributed by atoms with van der Waals surface area (Å²) in [5.74, 6) is 1.45. The molecular weight excluding hydrogens is 478 g/mol. The number of hydrogen-bond acceptors (Lipinski definition) is 2. The largest absolute Gasteiger partial charge is 0.462 e. The Morgan fingerprint density at radius 3 is 1.45 bits per heavy atom. The molecule has 0 radical (unpaired) electrons. The third kappa shape index (κ3) is 9.79. The van der Waals surface area contributed by atoms with Crippen LogP contribution in [0.2, 0.25) is 0 Å². The van der Waals surface area contributed by atoms with Crippen molar-refractivity contribution in [1.82, 2.24) is 0 Å². The Labute approximate surface area is 153 Å². The van der Waals surface area contributed by atoms with Gasteiger partial charge >= 0.3 is 5.97 Å². The predicted molar refractivity (Wildman–Crippen MR) is 114 cm³/mol. The van der Waals surface area contributed by atoms with Gasteiger partial charge in [-0.2, -0.15) is 0 Å². The van der Waals surface area contributed by atoms with Crippen molar-refractivity contribution < 1.29 is 9.53 Å². The quantitative estimate of drug-likeness (QED) is 0.246. The van der Waals surface area contributed by atoms with Crippen LogP contribution in [0.25, 0.3) is 0 Å². The number of rotatable bonds is 0. The molecule has 0 amide bonds. The molecular formula is C16H40I2O2. The smallest absolute Gasteiger partial charge is 0.309 e. The first-order valence-electron chi connectivity index (χ1n) is 5.30. The molecule has 0 spiro atoms. The van der Waals surface area contributed by atoms with Crippen LogP contribution < -0.4 is 0 Å². The highest BCUT2D eigenvalue weighted by Gasteiger charge is 2.36. The number of carbonyl (C=O) groups is 1. The molecule has 4 heteroatoms. The molecule has 130 valence electrons. The monoisotopic (exact) mass is 518 g/mol. The molecule has 0 aromatic carbocycles. The Kier molecular flexibility index (Phi) is 33.5. The molecule has 1 rings (SSSR count). The van der Waals surface area contributed by atoms with Crippen molar-refractivity contribution in [2.24, 2.45) is 23.7 Å². The maximum atomic E-state index is 11.5. The van der Waals surface area contributed by atoms with E-state index in [0.29, 0.717) is 17.8 Å². The van der Waals surface area contributed by atoms with Crippen LogP contribution in [0.15, 0.2) is 0 Å². The topological polar surface area (TPSA) is 26.3 Å². The van der Waals surface area contributed by atoms with Gasteiger partial charge in [0.1, 0.15) is 6.10 Å². The predicted octanol–water partition coefficient (Wildman–Crippen LogP) is 7.43. The van der Waals surface area contributed by atoms with Gasteiger partial charge in [0.05, 0.1) is 5.92 Å². The van der Waals surface area contributed by atoms with Gasteiger partial charge in [-0.25, -0.2) is 0 Å². The average molecular weight is 518 g/mol. The van der Waals surface area contributed by atoms with Gasteiger partial charge in [-0.05, 0) is 24.7 Å². The van der Waals surface area contributed by atoms with E-state index in [-0.39, 0.29) is 55.1 Å². The molecule has 1 aliphatic heterocycles. The molecule has 20 heavy (non-hydrogen) atoms. The van der Waals surface area contributed by atoms with Crippen LogP contribution in [0.5, 0.6) is 0 Å². The standard InChI is InChI=1S/C11H20O2.5CH4.I2/c1-6-7(2)9(4)11(12)13-10(5)8(6)3;;;;;;1-2/h6-10H,1-5H3;5*1H4;. The highest BCUT2D eigenvalue weighted by molar-refractivity contribution is 15.0. The lowest BCUT2D eigenvalue weighted by molar-refractivity contribution is -0.153. The van der Waals surface area contributed by atoms with E-state index in [4.69, 9.17) is 4.74 Å². The van der Waals surface area contributed by atoms with E-state index in [1.165, 1.54) is 0 Å². The van der Waals surface area contributed by atoms with Crippen molar-refractivity contribution in [3.05, 3.63) is 0 Å². The van der Waals surface area contributed by atoms with Crippen molar-refractivity contribution in [2.75, 3.05) is 0 Å². The maximum absolute atomic E-state index is 11.5. The van der Waals surface area contributed by atoms with Crippen molar-refractivity contribution in [1.29, 1.82) is 0 Å². The number of hydrogen-bond donors (Lipinski definition) is 0. The summed E-state index contributed by atoms with van der Waals surface area (Å²) >= 11 is 4.24. The van der Waals surface area contributed by atoms with Gasteiger partial charge in [0.15, 0.2) is 0 Å². The zero-order chi connectivity index (χ0) is 12.2. The molecule has 0 aromatic heterocycles. The highest BCUT2D eigenvalue weighted by atomic mass is 128. The van der Waals surface area contributed by atoms with Crippen molar-refractivity contribution in [3.63, 3.8) is 0 Å². The Morgan fingerprint density at radius 2 is 1.10 bits per heavy atom. The molecule has 0 saturated carbocycles. The molecule has 1 saturated heterocycles. The maximum Gasteiger partial charge on any atom is 0.309 e. The molecule has 5 atom stereocenters. The second-order valence-corrected chi connectivity index (χ2v) is 4.51. The Hall–Kier alpha value is 0.930. The summed E-state index contributed by atoms with van der Waals surface area (Å²) in [5.41, 5.74) is 0. The highest BCUT2D eigenvalue weighted by Crippen LogP contribution is 2.34. The third-order valence-electron chi connectivity index (χ3n) is 3.86. The number of esters is 1. The molecule has 0 aromatic rings. The first-order chi connectivity index (χ1) is 6.95. The minimum atomic E-state index is -0.0313. The Morgan fingerprint density at radius 1 is 0.750 bits per heavy atom. The lowest BCUT2D eigenvalue weighted by Gasteiger charge is -2.25. The van der Waals surface area contributed by atoms with Gasteiger partial charge in [0.2, 0.25) is 0 Å². The van der Waals surface area contributed by atoms with Crippen LogP contribution >= 0.6 is 37.2 Å². The van der Waals surface area contributed by atoms with Crippen molar-refractivity contribution >= 4 is 43.2 Å². The van der Waals surface area contributed by atoms with Gasteiger partial charge in [-0.15, -0.1) is 0 Å². The summed E-state index contributed by atoms with van der Waals surface area (Å²) in [6.45, 7) is 10.5. The van der Waals surface area contributed by atoms with Gasteiger partial charge in [0, 0.05) is 37.2 Å². The summed E-state index contributed by atoms with van der Waals surface area (Å²) in [6, 6.07) is 0. The van der Waals surface area contributed by atoms with Gasteiger partial charge in [-0.3, -0.25) is 4.79 Å². The third-order valence-corrected chi connectivity index (χ3v) is 3.86. The molecule has 0 bridgehead atoms. The fraction of sp³-hybridized carbons (Fsp3) is 0.938. The molecule has 1 fully saturated rings. The molecule has 1 heterocycles. The van der Waals surface area contributed by atoms with E-state index in [1.807, 2.05) is 13.8 Å². The zero-order valence-electron chi connectivity index (χ0n) is 9.96. The molecule has 0 aliphatic carbocycles.